The molecule has 22 heavy (non-hydrogen) atoms. The average Bonchev–Trinajstić information content (AvgIpc) is 3.16. The summed E-state index contributed by atoms with van der Waals surface area (Å²) in [5.74, 6) is 0.372. The lowest BCUT2D eigenvalue weighted by Crippen LogP contribution is -2.40. The van der Waals surface area contributed by atoms with Gasteiger partial charge in [0.1, 0.15) is 5.82 Å². The molecular weight excluding hydrogens is 303 g/mol. The maximum atomic E-state index is 13.2. The quantitative estimate of drug-likeness (QED) is 0.873. The fourth-order valence-corrected chi connectivity index (χ4v) is 3.14. The summed E-state index contributed by atoms with van der Waals surface area (Å²) < 4.78 is 24.7. The summed E-state index contributed by atoms with van der Waals surface area (Å²) in [6, 6.07) is 6.28. The summed E-state index contributed by atoms with van der Waals surface area (Å²) in [6.07, 6.45) is 0.824. The number of hydrogen-bond acceptors (Lipinski definition) is 2. The number of carbonyl (C=O) groups excluding carboxylic acids is 1. The van der Waals surface area contributed by atoms with Crippen molar-refractivity contribution in [3.8, 4) is 0 Å². The van der Waals surface area contributed by atoms with E-state index in [1.165, 1.54) is 12.1 Å². The van der Waals surface area contributed by atoms with Crippen LogP contribution in [-0.4, -0.2) is 33.3 Å². The Bertz CT molecular complexity index is 572. The first-order valence-electron chi connectivity index (χ1n) is 7.45. The second-order valence-electron chi connectivity index (χ2n) is 6.57. The van der Waals surface area contributed by atoms with Crippen LogP contribution in [0.5, 0.6) is 0 Å². The molecule has 0 heterocycles. The molecule has 6 heteroatoms. The summed E-state index contributed by atoms with van der Waals surface area (Å²) in [5.41, 5.74) is 0.916. The minimum absolute atomic E-state index is 0.0508. The summed E-state index contributed by atoms with van der Waals surface area (Å²) in [6.45, 7) is 6.12. The third-order valence-corrected chi connectivity index (χ3v) is 5.58. The molecule has 122 valence electrons. The van der Waals surface area contributed by atoms with Gasteiger partial charge in [0.2, 0.25) is 0 Å². The Kier molecular flexibility index (Phi) is 5.21. The largest absolute Gasteiger partial charge is 0.337 e. The minimum atomic E-state index is -0.974. The van der Waals surface area contributed by atoms with Gasteiger partial charge in [-0.05, 0) is 44.9 Å². The van der Waals surface area contributed by atoms with E-state index in [4.69, 9.17) is 0 Å². The highest BCUT2D eigenvalue weighted by Gasteiger charge is 2.39. The number of urea groups is 1. The van der Waals surface area contributed by atoms with E-state index >= 15 is 0 Å². The molecule has 1 aliphatic rings. The van der Waals surface area contributed by atoms with E-state index in [1.807, 2.05) is 26.8 Å². The van der Waals surface area contributed by atoms with Crippen LogP contribution in [0.2, 0.25) is 0 Å². The van der Waals surface area contributed by atoms with Crippen LogP contribution >= 0.6 is 0 Å². The van der Waals surface area contributed by atoms with E-state index in [-0.39, 0.29) is 28.6 Å². The smallest absolute Gasteiger partial charge is 0.315 e. The molecular formula is C16H23FN2O2S. The Labute approximate surface area is 133 Å². The van der Waals surface area contributed by atoms with Crippen LogP contribution in [0.4, 0.5) is 9.18 Å². The van der Waals surface area contributed by atoms with Crippen molar-refractivity contribution in [1.82, 2.24) is 10.6 Å². The SMILES string of the molecule is CC(C)(C)[S@](=O)CCNC(=O)N[C@@H]1C[C@H]1c1cccc(F)c1. The van der Waals surface area contributed by atoms with Gasteiger partial charge < -0.3 is 10.6 Å². The third kappa shape index (κ3) is 4.80. The second-order valence-corrected chi connectivity index (χ2v) is 8.89. The second kappa shape index (κ2) is 6.77. The van der Waals surface area contributed by atoms with Crippen molar-refractivity contribution in [2.75, 3.05) is 12.3 Å². The number of rotatable bonds is 5. The first-order chi connectivity index (χ1) is 10.3. The third-order valence-electron chi connectivity index (χ3n) is 3.64. The minimum Gasteiger partial charge on any atom is -0.337 e. The first kappa shape index (κ1) is 16.9. The monoisotopic (exact) mass is 326 g/mol. The van der Waals surface area contributed by atoms with E-state index in [0.717, 1.165) is 12.0 Å². The molecule has 2 N–H and O–H groups in total. The number of hydrogen-bond donors (Lipinski definition) is 2. The number of amides is 2. The molecule has 0 saturated heterocycles. The zero-order valence-corrected chi connectivity index (χ0v) is 14.0. The van der Waals surface area contributed by atoms with Crippen molar-refractivity contribution in [2.24, 2.45) is 0 Å². The summed E-state index contributed by atoms with van der Waals surface area (Å²) in [4.78, 5) is 11.8. The van der Waals surface area contributed by atoms with E-state index in [2.05, 4.69) is 10.6 Å². The molecule has 1 aromatic carbocycles. The Morgan fingerprint density at radius 2 is 2.14 bits per heavy atom. The molecule has 1 fully saturated rings. The molecule has 2 rings (SSSR count). The van der Waals surface area contributed by atoms with Gasteiger partial charge in [-0.15, -0.1) is 0 Å². The zero-order valence-electron chi connectivity index (χ0n) is 13.2. The molecule has 4 nitrogen and oxygen atoms in total. The van der Waals surface area contributed by atoms with E-state index in [9.17, 15) is 13.4 Å². The van der Waals surface area contributed by atoms with Crippen LogP contribution < -0.4 is 10.6 Å². The van der Waals surface area contributed by atoms with Gasteiger partial charge in [0.25, 0.3) is 0 Å². The maximum absolute atomic E-state index is 13.2. The van der Waals surface area contributed by atoms with E-state index in [1.54, 1.807) is 6.07 Å². The highest BCUT2D eigenvalue weighted by atomic mass is 32.2. The van der Waals surface area contributed by atoms with Crippen LogP contribution in [0, 0.1) is 5.82 Å². The summed E-state index contributed by atoms with van der Waals surface area (Å²) >= 11 is 0. The molecule has 1 saturated carbocycles. The molecule has 0 spiro atoms. The molecule has 1 aromatic rings. The molecule has 0 unspecified atom stereocenters. The maximum Gasteiger partial charge on any atom is 0.315 e. The van der Waals surface area contributed by atoms with Gasteiger partial charge in [0.15, 0.2) is 0 Å². The van der Waals surface area contributed by atoms with Crippen molar-refractivity contribution >= 4 is 16.8 Å². The highest BCUT2D eigenvalue weighted by Crippen LogP contribution is 2.40. The summed E-state index contributed by atoms with van der Waals surface area (Å²) in [5, 5.41) is 5.59. The topological polar surface area (TPSA) is 58.2 Å². The molecule has 0 bridgehead atoms. The molecule has 0 aliphatic heterocycles. The van der Waals surface area contributed by atoms with Gasteiger partial charge in [-0.2, -0.15) is 0 Å². The van der Waals surface area contributed by atoms with Crippen molar-refractivity contribution in [3.05, 3.63) is 35.6 Å². The molecule has 0 aromatic heterocycles. The van der Waals surface area contributed by atoms with Gasteiger partial charge in [-0.25, -0.2) is 9.18 Å². The molecule has 3 atom stereocenters. The standard InChI is InChI=1S/C16H23FN2O2S/c1-16(2,3)22(21)8-7-18-15(20)19-14-10-13(14)11-5-4-6-12(17)9-11/h4-6,9,13-14H,7-8,10H2,1-3H3,(H2,18,19,20)/t13-,14+,22+/m0/s1. The van der Waals surface area contributed by atoms with Crippen molar-refractivity contribution < 1.29 is 13.4 Å². The van der Waals surface area contributed by atoms with Crippen LogP contribution in [0.25, 0.3) is 0 Å². The zero-order chi connectivity index (χ0) is 16.3. The lowest BCUT2D eigenvalue weighted by Gasteiger charge is -2.17. The predicted molar refractivity (Wildman–Crippen MR) is 86.8 cm³/mol. The normalized spacial score (nSPS) is 22.0. The van der Waals surface area contributed by atoms with Crippen LogP contribution in [0.1, 0.15) is 38.7 Å². The van der Waals surface area contributed by atoms with Crippen LogP contribution in [0.3, 0.4) is 0 Å². The van der Waals surface area contributed by atoms with Gasteiger partial charge in [-0.3, -0.25) is 4.21 Å². The van der Waals surface area contributed by atoms with E-state index < -0.39 is 10.8 Å². The van der Waals surface area contributed by atoms with E-state index in [0.29, 0.717) is 12.3 Å². The number of carbonyl (C=O) groups is 1. The van der Waals surface area contributed by atoms with Crippen molar-refractivity contribution in [2.45, 2.75) is 43.9 Å². The summed E-state index contributed by atoms with van der Waals surface area (Å²) in [7, 11) is -0.974. The Morgan fingerprint density at radius 3 is 2.77 bits per heavy atom. The first-order valence-corrected chi connectivity index (χ1v) is 8.77. The average molecular weight is 326 g/mol. The lowest BCUT2D eigenvalue weighted by molar-refractivity contribution is 0.241. The fraction of sp³-hybridized carbons (Fsp3) is 0.562. The highest BCUT2D eigenvalue weighted by molar-refractivity contribution is 7.86. The molecule has 2 amide bonds. The van der Waals surface area contributed by atoms with Gasteiger partial charge >= 0.3 is 6.03 Å². The van der Waals surface area contributed by atoms with Gasteiger partial charge in [-0.1, -0.05) is 12.1 Å². The Balaban J connectivity index is 1.70. The van der Waals surface area contributed by atoms with Crippen molar-refractivity contribution in [3.63, 3.8) is 0 Å². The Morgan fingerprint density at radius 1 is 1.41 bits per heavy atom. The van der Waals surface area contributed by atoms with Gasteiger partial charge in [0, 0.05) is 39.8 Å². The molecule has 0 radical (unpaired) electrons. The Hall–Kier alpha value is -1.43. The van der Waals surface area contributed by atoms with Crippen molar-refractivity contribution in [1.29, 1.82) is 0 Å². The van der Waals surface area contributed by atoms with Crippen LogP contribution in [-0.2, 0) is 10.8 Å². The fourth-order valence-electron chi connectivity index (χ4n) is 2.24. The number of nitrogens with one attached hydrogen (secondary N) is 2. The predicted octanol–water partition coefficient (Wildman–Crippen LogP) is 2.53. The lowest BCUT2D eigenvalue weighted by atomic mass is 10.1. The number of halogens is 1. The van der Waals surface area contributed by atoms with Gasteiger partial charge in [0.05, 0.1) is 0 Å². The van der Waals surface area contributed by atoms with Crippen LogP contribution in [0.15, 0.2) is 24.3 Å². The molecule has 1 aliphatic carbocycles. The number of benzene rings is 1.